The van der Waals surface area contributed by atoms with Gasteiger partial charge < -0.3 is 5.11 Å². The van der Waals surface area contributed by atoms with Crippen molar-refractivity contribution in [3.8, 4) is 0 Å². The lowest BCUT2D eigenvalue weighted by Gasteiger charge is -2.36. The zero-order valence-electron chi connectivity index (χ0n) is 19.4. The molecule has 184 valence electrons. The van der Waals surface area contributed by atoms with Crippen molar-refractivity contribution in [2.24, 2.45) is 0 Å². The van der Waals surface area contributed by atoms with Crippen molar-refractivity contribution in [3.05, 3.63) is 95.6 Å². The lowest BCUT2D eigenvalue weighted by molar-refractivity contribution is -0.0315. The SMILES string of the molecule is CC(C)N(Cc1cn(Cc2ccccc2F)nn1)CC(O)(Cn1cncn1)c1ccc(F)cc1F. The van der Waals surface area contributed by atoms with Crippen molar-refractivity contribution in [2.75, 3.05) is 6.54 Å². The molecular weight excluding hydrogens is 459 g/mol. The number of hydrogen-bond donors (Lipinski definition) is 1. The summed E-state index contributed by atoms with van der Waals surface area (Å²) < 4.78 is 45.3. The van der Waals surface area contributed by atoms with Gasteiger partial charge in [0.2, 0.25) is 0 Å². The van der Waals surface area contributed by atoms with E-state index in [1.165, 1.54) is 34.2 Å². The number of hydrogen-bond acceptors (Lipinski definition) is 6. The molecule has 0 fully saturated rings. The van der Waals surface area contributed by atoms with Crippen LogP contribution < -0.4 is 0 Å². The maximum absolute atomic E-state index is 14.8. The third-order valence-corrected chi connectivity index (χ3v) is 5.76. The fraction of sp³-hybridized carbons (Fsp3) is 0.333. The summed E-state index contributed by atoms with van der Waals surface area (Å²) in [7, 11) is 0. The van der Waals surface area contributed by atoms with Crippen molar-refractivity contribution in [3.63, 3.8) is 0 Å². The average Bonchev–Trinajstić information content (AvgIpc) is 3.46. The molecule has 4 aromatic rings. The van der Waals surface area contributed by atoms with Gasteiger partial charge in [-0.15, -0.1) is 5.10 Å². The van der Waals surface area contributed by atoms with Crippen LogP contribution >= 0.6 is 0 Å². The molecule has 0 bridgehead atoms. The number of nitrogens with zero attached hydrogens (tertiary/aromatic N) is 7. The van der Waals surface area contributed by atoms with Crippen LogP contribution in [0.15, 0.2) is 61.3 Å². The summed E-state index contributed by atoms with van der Waals surface area (Å²) in [5.41, 5.74) is -0.724. The Morgan fingerprint density at radius 1 is 1.06 bits per heavy atom. The van der Waals surface area contributed by atoms with E-state index in [0.717, 1.165) is 12.1 Å². The minimum atomic E-state index is -1.75. The van der Waals surface area contributed by atoms with Gasteiger partial charge in [0.05, 0.1) is 25.0 Å². The molecule has 0 aliphatic carbocycles. The van der Waals surface area contributed by atoms with Crippen molar-refractivity contribution < 1.29 is 18.3 Å². The fourth-order valence-corrected chi connectivity index (χ4v) is 3.92. The second-order valence-electron chi connectivity index (χ2n) is 8.75. The van der Waals surface area contributed by atoms with Crippen molar-refractivity contribution >= 4 is 0 Å². The molecule has 2 heterocycles. The van der Waals surface area contributed by atoms with E-state index in [1.54, 1.807) is 24.4 Å². The topological polar surface area (TPSA) is 84.9 Å². The Bertz CT molecular complexity index is 1260. The molecule has 0 aliphatic rings. The van der Waals surface area contributed by atoms with Crippen LogP contribution in [0.3, 0.4) is 0 Å². The first-order chi connectivity index (χ1) is 16.7. The van der Waals surface area contributed by atoms with E-state index < -0.39 is 17.2 Å². The van der Waals surface area contributed by atoms with E-state index in [4.69, 9.17) is 0 Å². The number of halogens is 3. The van der Waals surface area contributed by atoms with Crippen molar-refractivity contribution in [1.29, 1.82) is 0 Å². The van der Waals surface area contributed by atoms with Gasteiger partial charge >= 0.3 is 0 Å². The quantitative estimate of drug-likeness (QED) is 0.372. The van der Waals surface area contributed by atoms with E-state index in [-0.39, 0.29) is 43.6 Å². The van der Waals surface area contributed by atoms with Gasteiger partial charge in [-0.25, -0.2) is 27.5 Å². The molecule has 1 atom stereocenters. The van der Waals surface area contributed by atoms with Crippen LogP contribution in [0.4, 0.5) is 13.2 Å². The highest BCUT2D eigenvalue weighted by molar-refractivity contribution is 5.26. The predicted molar refractivity (Wildman–Crippen MR) is 121 cm³/mol. The van der Waals surface area contributed by atoms with E-state index in [0.29, 0.717) is 11.3 Å². The van der Waals surface area contributed by atoms with E-state index in [9.17, 15) is 18.3 Å². The van der Waals surface area contributed by atoms with Gasteiger partial charge in [0, 0.05) is 36.3 Å². The van der Waals surface area contributed by atoms with Crippen molar-refractivity contribution in [1.82, 2.24) is 34.7 Å². The molecule has 0 aliphatic heterocycles. The molecule has 2 aromatic carbocycles. The van der Waals surface area contributed by atoms with Gasteiger partial charge in [-0.1, -0.05) is 29.5 Å². The highest BCUT2D eigenvalue weighted by Gasteiger charge is 2.36. The Kier molecular flexibility index (Phi) is 7.27. The Labute approximate surface area is 200 Å². The summed E-state index contributed by atoms with van der Waals surface area (Å²) in [6.07, 6.45) is 4.44. The van der Waals surface area contributed by atoms with Crippen LogP contribution in [-0.2, 0) is 25.2 Å². The molecule has 35 heavy (non-hydrogen) atoms. The Balaban J connectivity index is 1.57. The molecule has 1 N–H and O–H groups in total. The minimum absolute atomic E-state index is 0.00669. The predicted octanol–water partition coefficient (Wildman–Crippen LogP) is 3.13. The molecule has 0 saturated carbocycles. The zero-order chi connectivity index (χ0) is 25.0. The Morgan fingerprint density at radius 3 is 2.54 bits per heavy atom. The molecule has 1 unspecified atom stereocenters. The summed E-state index contributed by atoms with van der Waals surface area (Å²) >= 11 is 0. The number of benzene rings is 2. The normalized spacial score (nSPS) is 13.5. The van der Waals surface area contributed by atoms with Crippen LogP contribution in [0.1, 0.15) is 30.7 Å². The number of rotatable bonds is 10. The minimum Gasteiger partial charge on any atom is -0.382 e. The summed E-state index contributed by atoms with van der Waals surface area (Å²) in [5.74, 6) is -1.92. The first kappa shape index (κ1) is 24.6. The fourth-order valence-electron chi connectivity index (χ4n) is 3.92. The largest absolute Gasteiger partial charge is 0.382 e. The molecule has 0 saturated heterocycles. The van der Waals surface area contributed by atoms with Crippen LogP contribution in [-0.4, -0.2) is 52.4 Å². The lowest BCUT2D eigenvalue weighted by Crippen LogP contribution is -2.46. The smallest absolute Gasteiger partial charge is 0.137 e. The molecule has 0 radical (unpaired) electrons. The maximum Gasteiger partial charge on any atom is 0.137 e. The zero-order valence-corrected chi connectivity index (χ0v) is 19.4. The lowest BCUT2D eigenvalue weighted by atomic mass is 9.91. The molecule has 8 nitrogen and oxygen atoms in total. The van der Waals surface area contributed by atoms with Gasteiger partial charge in [0.15, 0.2) is 0 Å². The Hall–Kier alpha value is -3.57. The molecular formula is C24H26F3N7O. The second-order valence-corrected chi connectivity index (χ2v) is 8.75. The van der Waals surface area contributed by atoms with Gasteiger partial charge in [-0.2, -0.15) is 5.10 Å². The van der Waals surface area contributed by atoms with Crippen LogP contribution in [0, 0.1) is 17.5 Å². The molecule has 0 spiro atoms. The van der Waals surface area contributed by atoms with Gasteiger partial charge in [-0.3, -0.25) is 4.90 Å². The molecule has 11 heteroatoms. The highest BCUT2D eigenvalue weighted by atomic mass is 19.1. The highest BCUT2D eigenvalue weighted by Crippen LogP contribution is 2.29. The first-order valence-corrected chi connectivity index (χ1v) is 11.1. The summed E-state index contributed by atoms with van der Waals surface area (Å²) in [6.45, 7) is 4.27. The van der Waals surface area contributed by atoms with Crippen LogP contribution in [0.25, 0.3) is 0 Å². The Morgan fingerprint density at radius 2 is 1.86 bits per heavy atom. The van der Waals surface area contributed by atoms with Crippen LogP contribution in [0.2, 0.25) is 0 Å². The van der Waals surface area contributed by atoms with E-state index in [1.807, 2.05) is 18.7 Å². The van der Waals surface area contributed by atoms with E-state index >= 15 is 0 Å². The second kappa shape index (κ2) is 10.4. The standard InChI is InChI=1S/C24H26F3N7O/c1-17(2)32(11-20-12-33(31-30-20)10-18-5-3-4-6-22(18)26)13-24(35,14-34-16-28-15-29-34)21-8-7-19(25)9-23(21)27/h3-9,12,15-17,35H,10-11,13-14H2,1-2H3. The van der Waals surface area contributed by atoms with Crippen molar-refractivity contribution in [2.45, 2.75) is 45.1 Å². The summed E-state index contributed by atoms with van der Waals surface area (Å²) in [6, 6.07) is 9.46. The third kappa shape index (κ3) is 5.92. The van der Waals surface area contributed by atoms with E-state index in [2.05, 4.69) is 20.4 Å². The first-order valence-electron chi connectivity index (χ1n) is 11.1. The molecule has 2 aromatic heterocycles. The van der Waals surface area contributed by atoms with Gasteiger partial charge in [-0.05, 0) is 26.0 Å². The monoisotopic (exact) mass is 485 g/mol. The molecule has 4 rings (SSSR count). The third-order valence-electron chi connectivity index (χ3n) is 5.76. The maximum atomic E-state index is 14.8. The number of aromatic nitrogens is 6. The van der Waals surface area contributed by atoms with Gasteiger partial charge in [0.1, 0.15) is 35.7 Å². The summed E-state index contributed by atoms with van der Waals surface area (Å²) in [4.78, 5) is 5.79. The van der Waals surface area contributed by atoms with Gasteiger partial charge in [0.25, 0.3) is 0 Å². The number of aliphatic hydroxyl groups is 1. The molecule has 0 amide bonds. The summed E-state index contributed by atoms with van der Waals surface area (Å²) in [5, 5.41) is 24.0. The van der Waals surface area contributed by atoms with Crippen LogP contribution in [0.5, 0.6) is 0 Å². The average molecular weight is 486 g/mol.